The minimum absolute atomic E-state index is 0.0875. The summed E-state index contributed by atoms with van der Waals surface area (Å²) < 4.78 is 0. The quantitative estimate of drug-likeness (QED) is 0.167. The molecular weight excluding hydrogens is 440 g/mol. The Balaban J connectivity index is 1.43. The van der Waals surface area contributed by atoms with Crippen LogP contribution in [0.5, 0.6) is 0 Å². The third-order valence-electron chi connectivity index (χ3n) is 6.44. The summed E-state index contributed by atoms with van der Waals surface area (Å²) in [6.45, 7) is 2.74. The van der Waals surface area contributed by atoms with Crippen LogP contribution in [0.25, 0.3) is 22.2 Å². The average Bonchev–Trinajstić information content (AvgIpc) is 3.54. The fourth-order valence-corrected chi connectivity index (χ4v) is 4.64. The number of hydrogen-bond donors (Lipinski definition) is 1. The number of hydrogen-bond acceptors (Lipinski definition) is 5. The van der Waals surface area contributed by atoms with Crippen LogP contribution in [0, 0.1) is 6.92 Å². The Morgan fingerprint density at radius 3 is 2.66 bits per heavy atom. The van der Waals surface area contributed by atoms with Gasteiger partial charge in [0.15, 0.2) is 6.04 Å². The third kappa shape index (κ3) is 4.81. The molecule has 4 aromatic rings. The van der Waals surface area contributed by atoms with Gasteiger partial charge in [0.2, 0.25) is 6.40 Å². The molecule has 2 atom stereocenters. The fraction of sp³-hybridized carbons (Fsp3) is 0.250. The summed E-state index contributed by atoms with van der Waals surface area (Å²) in [6, 6.07) is 23.4. The number of carbonyl (C=O) groups excluding carboxylic acids is 1. The van der Waals surface area contributed by atoms with E-state index in [1.54, 1.807) is 0 Å². The van der Waals surface area contributed by atoms with Crippen molar-refractivity contribution in [1.29, 1.82) is 0 Å². The number of imidazole rings is 1. The number of aryl methyl sites for hydroxylation is 1. The molecule has 0 radical (unpaired) electrons. The molecule has 1 saturated heterocycles. The number of amides is 1. The molecule has 3 aromatic carbocycles. The second kappa shape index (κ2) is 10.1. The van der Waals surface area contributed by atoms with Crippen molar-refractivity contribution in [3.05, 3.63) is 89.7 Å². The van der Waals surface area contributed by atoms with Gasteiger partial charge in [0.25, 0.3) is 5.91 Å². The normalized spacial score (nSPS) is 16.7. The first-order valence-electron chi connectivity index (χ1n) is 11.8. The molecule has 0 bridgehead atoms. The summed E-state index contributed by atoms with van der Waals surface area (Å²) in [5, 5.41) is 0. The predicted molar refractivity (Wildman–Crippen MR) is 136 cm³/mol. The van der Waals surface area contributed by atoms with Crippen molar-refractivity contribution in [2.45, 2.75) is 31.8 Å². The molecule has 35 heavy (non-hydrogen) atoms. The molecule has 178 valence electrons. The number of rotatable bonds is 7. The van der Waals surface area contributed by atoms with Crippen LogP contribution in [-0.4, -0.2) is 40.8 Å². The minimum Gasteiger partial charge on any atom is -0.340 e. The molecule has 1 aliphatic heterocycles. The highest BCUT2D eigenvalue weighted by atomic mass is 17.2. The van der Waals surface area contributed by atoms with E-state index >= 15 is 0 Å². The fourth-order valence-electron chi connectivity index (χ4n) is 4.64. The highest BCUT2D eigenvalue weighted by molar-refractivity contribution is 5.86. The van der Waals surface area contributed by atoms with Gasteiger partial charge in [-0.2, -0.15) is 4.89 Å². The molecule has 1 aromatic heterocycles. The van der Waals surface area contributed by atoms with Crippen LogP contribution in [-0.2, 0) is 14.6 Å². The van der Waals surface area contributed by atoms with Crippen molar-refractivity contribution in [2.75, 3.05) is 13.7 Å². The molecule has 0 saturated carbocycles. The van der Waals surface area contributed by atoms with Crippen LogP contribution in [0.3, 0.4) is 0 Å². The van der Waals surface area contributed by atoms with Gasteiger partial charge in [-0.25, -0.2) is 9.98 Å². The van der Waals surface area contributed by atoms with E-state index < -0.39 is 6.04 Å². The van der Waals surface area contributed by atoms with Crippen LogP contribution < -0.4 is 0 Å². The minimum atomic E-state index is -0.718. The van der Waals surface area contributed by atoms with Crippen LogP contribution in [0.2, 0.25) is 0 Å². The van der Waals surface area contributed by atoms with E-state index in [0.717, 1.165) is 46.4 Å². The van der Waals surface area contributed by atoms with E-state index in [2.05, 4.69) is 64.3 Å². The monoisotopic (exact) mass is 468 g/mol. The van der Waals surface area contributed by atoms with Crippen LogP contribution in [0.4, 0.5) is 0 Å². The highest BCUT2D eigenvalue weighted by Gasteiger charge is 2.36. The first-order valence-corrected chi connectivity index (χ1v) is 11.8. The Morgan fingerprint density at radius 1 is 1.11 bits per heavy atom. The maximum absolute atomic E-state index is 13.7. The number of aromatic nitrogens is 2. The number of aromatic amines is 1. The Labute approximate surface area is 204 Å². The lowest BCUT2D eigenvalue weighted by Gasteiger charge is -2.26. The number of aliphatic imine (C=N–C) groups is 1. The highest BCUT2D eigenvalue weighted by Crippen LogP contribution is 2.35. The van der Waals surface area contributed by atoms with Crippen molar-refractivity contribution in [3.63, 3.8) is 0 Å². The predicted octanol–water partition coefficient (Wildman–Crippen LogP) is 5.55. The lowest BCUT2D eigenvalue weighted by Crippen LogP contribution is -2.34. The maximum Gasteiger partial charge on any atom is 0.252 e. The molecule has 0 aliphatic carbocycles. The standard InChI is InChI=1S/C28H28N4O3/c1-19-10-12-20(13-11-19)22-14-15-23-24(17-22)31-27(30-23)25-9-6-16-32(25)28(33)26(29-18-35-34-2)21-7-4-3-5-8-21/h3-5,7-8,10-15,17-18,25-26H,6,9,16H2,1-2H3,(H,30,31)/b29-18-/t25-,26?/m0/s1. The SMILES string of the molecule is COO/C=N\C(C(=O)N1CCC[C@H]1c1nc2cc(-c3ccc(C)cc3)ccc2[nH]1)c1ccccc1. The van der Waals surface area contributed by atoms with Crippen molar-refractivity contribution >= 4 is 23.3 Å². The van der Waals surface area contributed by atoms with Crippen molar-refractivity contribution in [1.82, 2.24) is 14.9 Å². The van der Waals surface area contributed by atoms with E-state index in [-0.39, 0.29) is 11.9 Å². The van der Waals surface area contributed by atoms with Crippen molar-refractivity contribution < 1.29 is 14.6 Å². The van der Waals surface area contributed by atoms with Gasteiger partial charge >= 0.3 is 0 Å². The molecule has 1 aliphatic rings. The molecule has 0 spiro atoms. The lowest BCUT2D eigenvalue weighted by atomic mass is 10.0. The van der Waals surface area contributed by atoms with Crippen LogP contribution in [0.1, 0.15) is 41.9 Å². The van der Waals surface area contributed by atoms with E-state index in [4.69, 9.17) is 9.87 Å². The van der Waals surface area contributed by atoms with E-state index in [1.807, 2.05) is 35.2 Å². The van der Waals surface area contributed by atoms with Gasteiger partial charge in [-0.3, -0.25) is 4.79 Å². The largest absolute Gasteiger partial charge is 0.340 e. The Kier molecular flexibility index (Phi) is 6.59. The van der Waals surface area contributed by atoms with Gasteiger partial charge in [-0.05, 0) is 48.6 Å². The lowest BCUT2D eigenvalue weighted by molar-refractivity contribution is -0.188. The zero-order chi connectivity index (χ0) is 24.2. The molecule has 1 N–H and O–H groups in total. The Morgan fingerprint density at radius 2 is 1.89 bits per heavy atom. The number of carbonyl (C=O) groups is 1. The van der Waals surface area contributed by atoms with E-state index in [0.29, 0.717) is 6.54 Å². The second-order valence-corrected chi connectivity index (χ2v) is 8.74. The average molecular weight is 469 g/mol. The molecular formula is C28H28N4O3. The molecule has 1 fully saturated rings. The van der Waals surface area contributed by atoms with Gasteiger partial charge in [-0.15, -0.1) is 0 Å². The number of fused-ring (bicyclic) bond motifs is 1. The van der Waals surface area contributed by atoms with E-state index in [1.165, 1.54) is 19.1 Å². The molecule has 7 heteroatoms. The summed E-state index contributed by atoms with van der Waals surface area (Å²) in [7, 11) is 1.40. The summed E-state index contributed by atoms with van der Waals surface area (Å²) in [4.78, 5) is 37.7. The third-order valence-corrected chi connectivity index (χ3v) is 6.44. The van der Waals surface area contributed by atoms with Gasteiger partial charge in [0.05, 0.1) is 24.2 Å². The number of benzene rings is 3. The number of H-pyrrole nitrogens is 1. The van der Waals surface area contributed by atoms with Gasteiger partial charge in [0, 0.05) is 6.54 Å². The number of nitrogens with one attached hydrogen (secondary N) is 1. The second-order valence-electron chi connectivity index (χ2n) is 8.74. The summed E-state index contributed by atoms with van der Waals surface area (Å²) in [5.74, 6) is 0.714. The summed E-state index contributed by atoms with van der Waals surface area (Å²) >= 11 is 0. The smallest absolute Gasteiger partial charge is 0.252 e. The van der Waals surface area contributed by atoms with Gasteiger partial charge in [-0.1, -0.05) is 66.2 Å². The van der Waals surface area contributed by atoms with Crippen LogP contribution in [0.15, 0.2) is 77.8 Å². The zero-order valence-electron chi connectivity index (χ0n) is 19.8. The molecule has 2 heterocycles. The number of nitrogens with zero attached hydrogens (tertiary/aromatic N) is 3. The molecule has 7 nitrogen and oxygen atoms in total. The Hall–Kier alpha value is -3.97. The first kappa shape index (κ1) is 22.8. The van der Waals surface area contributed by atoms with Crippen molar-refractivity contribution in [2.24, 2.45) is 4.99 Å². The maximum atomic E-state index is 13.7. The van der Waals surface area contributed by atoms with E-state index in [9.17, 15) is 4.79 Å². The van der Waals surface area contributed by atoms with Gasteiger partial charge < -0.3 is 14.8 Å². The van der Waals surface area contributed by atoms with Crippen LogP contribution >= 0.6 is 0 Å². The molecule has 1 unspecified atom stereocenters. The summed E-state index contributed by atoms with van der Waals surface area (Å²) in [6.07, 6.45) is 2.92. The molecule has 1 amide bonds. The van der Waals surface area contributed by atoms with Gasteiger partial charge in [0.1, 0.15) is 5.82 Å². The number of likely N-dealkylation sites (tertiary alicyclic amines) is 1. The zero-order valence-corrected chi connectivity index (χ0v) is 19.8. The Bertz CT molecular complexity index is 1330. The topological polar surface area (TPSA) is 79.8 Å². The van der Waals surface area contributed by atoms with Crippen molar-refractivity contribution in [3.8, 4) is 11.1 Å². The molecule has 5 rings (SSSR count). The summed E-state index contributed by atoms with van der Waals surface area (Å²) in [5.41, 5.74) is 6.15. The first-order chi connectivity index (χ1) is 17.1.